The van der Waals surface area contributed by atoms with E-state index in [0.717, 1.165) is 31.6 Å². The molecule has 2 aromatic carbocycles. The zero-order chi connectivity index (χ0) is 21.3. The van der Waals surface area contributed by atoms with Crippen LogP contribution in [0.2, 0.25) is 0 Å². The van der Waals surface area contributed by atoms with Gasteiger partial charge in [0.15, 0.2) is 0 Å². The van der Waals surface area contributed by atoms with Crippen LogP contribution >= 0.6 is 0 Å². The van der Waals surface area contributed by atoms with Gasteiger partial charge in [-0.05, 0) is 54.0 Å². The van der Waals surface area contributed by atoms with Gasteiger partial charge in [0.1, 0.15) is 0 Å². The summed E-state index contributed by atoms with van der Waals surface area (Å²) < 4.78 is 5.18. The summed E-state index contributed by atoms with van der Waals surface area (Å²) in [4.78, 5) is 17.3. The van der Waals surface area contributed by atoms with Gasteiger partial charge >= 0.3 is 5.97 Å². The molecule has 2 atom stereocenters. The van der Waals surface area contributed by atoms with Crippen molar-refractivity contribution in [3.63, 3.8) is 0 Å². The van der Waals surface area contributed by atoms with Crippen LogP contribution in [0.3, 0.4) is 0 Å². The molecule has 6 heteroatoms. The number of likely N-dealkylation sites (tertiary alicyclic amines) is 1. The van der Waals surface area contributed by atoms with Crippen molar-refractivity contribution in [3.05, 3.63) is 75.7 Å². The number of hydrogen-bond acceptors (Lipinski definition) is 4. The summed E-state index contributed by atoms with van der Waals surface area (Å²) in [5.41, 5.74) is 12.5. The van der Waals surface area contributed by atoms with Gasteiger partial charge in [-0.25, -0.2) is 0 Å². The molecule has 2 aromatic rings. The quantitative estimate of drug-likeness (QED) is 0.211. The van der Waals surface area contributed by atoms with E-state index in [1.165, 1.54) is 11.1 Å². The second-order valence-electron chi connectivity index (χ2n) is 7.62. The van der Waals surface area contributed by atoms with Crippen molar-refractivity contribution in [1.29, 1.82) is 0 Å². The molecule has 0 unspecified atom stereocenters. The van der Waals surface area contributed by atoms with Crippen LogP contribution < -0.4 is 0 Å². The van der Waals surface area contributed by atoms with Crippen LogP contribution in [0.4, 0.5) is 5.69 Å². The van der Waals surface area contributed by atoms with Crippen molar-refractivity contribution < 1.29 is 9.53 Å². The molecule has 1 aliphatic rings. The predicted octanol–water partition coefficient (Wildman–Crippen LogP) is 5.17. The Labute approximate surface area is 177 Å². The molecule has 1 aliphatic heterocycles. The lowest BCUT2D eigenvalue weighted by Gasteiger charge is -2.38. The highest BCUT2D eigenvalue weighted by atomic mass is 16.5. The molecule has 1 heterocycles. The molecule has 0 spiro atoms. The van der Waals surface area contributed by atoms with E-state index < -0.39 is 0 Å². The Morgan fingerprint density at radius 2 is 1.97 bits per heavy atom. The molecule has 1 saturated heterocycles. The minimum absolute atomic E-state index is 0.139. The third-order valence-corrected chi connectivity index (χ3v) is 5.42. The lowest BCUT2D eigenvalue weighted by Crippen LogP contribution is -2.40. The van der Waals surface area contributed by atoms with Crippen LogP contribution in [-0.2, 0) is 16.1 Å². The number of ether oxygens (including phenoxy) is 1. The molecule has 0 N–H and O–H groups in total. The van der Waals surface area contributed by atoms with Crippen molar-refractivity contribution in [3.8, 4) is 12.3 Å². The van der Waals surface area contributed by atoms with E-state index in [9.17, 15) is 4.79 Å². The van der Waals surface area contributed by atoms with E-state index in [1.807, 2.05) is 43.3 Å². The number of nitrogens with zero attached hydrogens (tertiary/aromatic N) is 4. The Morgan fingerprint density at radius 3 is 2.60 bits per heavy atom. The van der Waals surface area contributed by atoms with E-state index in [4.69, 9.17) is 16.7 Å². The number of terminal acetylenes is 1. The molecule has 6 nitrogen and oxygen atoms in total. The first kappa shape index (κ1) is 21.4. The van der Waals surface area contributed by atoms with Crippen LogP contribution in [0.1, 0.15) is 42.4 Å². The number of piperidine rings is 1. The highest BCUT2D eigenvalue weighted by Crippen LogP contribution is 2.33. The van der Waals surface area contributed by atoms with E-state index >= 15 is 0 Å². The van der Waals surface area contributed by atoms with E-state index in [0.29, 0.717) is 24.6 Å². The van der Waals surface area contributed by atoms with Crippen molar-refractivity contribution in [2.45, 2.75) is 32.2 Å². The molecular weight excluding hydrogens is 376 g/mol. The summed E-state index contributed by atoms with van der Waals surface area (Å²) in [5.74, 6) is 3.03. The zero-order valence-corrected chi connectivity index (χ0v) is 17.2. The number of carbonyl (C=O) groups is 1. The largest absolute Gasteiger partial charge is 0.466 e. The molecule has 30 heavy (non-hydrogen) atoms. The topological polar surface area (TPSA) is 78.3 Å². The van der Waals surface area contributed by atoms with Crippen molar-refractivity contribution in [2.24, 2.45) is 11.0 Å². The molecule has 3 rings (SSSR count). The Morgan fingerprint density at radius 1 is 1.23 bits per heavy atom. The minimum atomic E-state index is -0.139. The fraction of sp³-hybridized carbons (Fsp3) is 0.375. The first-order valence-electron chi connectivity index (χ1n) is 10.2. The molecule has 0 aromatic heterocycles. The second-order valence-corrected chi connectivity index (χ2v) is 7.62. The molecule has 0 saturated carbocycles. The first-order chi connectivity index (χ1) is 14.6. The van der Waals surface area contributed by atoms with Gasteiger partial charge in [-0.1, -0.05) is 47.4 Å². The summed E-state index contributed by atoms with van der Waals surface area (Å²) in [7, 11) is 0. The summed E-state index contributed by atoms with van der Waals surface area (Å²) in [6.07, 6.45) is 6.80. The van der Waals surface area contributed by atoms with Gasteiger partial charge in [-0.2, -0.15) is 0 Å². The first-order valence-corrected chi connectivity index (χ1v) is 10.2. The predicted molar refractivity (Wildman–Crippen MR) is 117 cm³/mol. The van der Waals surface area contributed by atoms with Crippen LogP contribution in [0.5, 0.6) is 0 Å². The third-order valence-electron chi connectivity index (χ3n) is 5.42. The Kier molecular flexibility index (Phi) is 7.51. The van der Waals surface area contributed by atoms with Crippen LogP contribution in [0, 0.1) is 18.3 Å². The fourth-order valence-corrected chi connectivity index (χ4v) is 4.11. The van der Waals surface area contributed by atoms with Gasteiger partial charge in [0, 0.05) is 42.2 Å². The van der Waals surface area contributed by atoms with Gasteiger partial charge in [-0.3, -0.25) is 9.69 Å². The fourth-order valence-electron chi connectivity index (χ4n) is 4.11. The number of carbonyl (C=O) groups excluding carboxylic acids is 1. The molecule has 1 fully saturated rings. The maximum atomic E-state index is 12.1. The van der Waals surface area contributed by atoms with Crippen molar-refractivity contribution >= 4 is 11.7 Å². The van der Waals surface area contributed by atoms with Gasteiger partial charge in [0.05, 0.1) is 6.61 Å². The average molecular weight is 402 g/mol. The zero-order valence-electron chi connectivity index (χ0n) is 17.2. The monoisotopic (exact) mass is 402 g/mol. The molecule has 0 radical (unpaired) electrons. The van der Waals surface area contributed by atoms with Crippen LogP contribution in [0.25, 0.3) is 10.4 Å². The van der Waals surface area contributed by atoms with Gasteiger partial charge in [0.25, 0.3) is 0 Å². The number of rotatable bonds is 7. The van der Waals surface area contributed by atoms with Crippen LogP contribution in [0.15, 0.2) is 53.6 Å². The summed E-state index contributed by atoms with van der Waals surface area (Å²) in [5, 5.41) is 3.65. The van der Waals surface area contributed by atoms with Gasteiger partial charge in [-0.15, -0.1) is 6.42 Å². The Hall–Kier alpha value is -3.26. The van der Waals surface area contributed by atoms with E-state index in [1.54, 1.807) is 0 Å². The van der Waals surface area contributed by atoms with Crippen molar-refractivity contribution in [1.82, 2.24) is 4.90 Å². The normalized spacial score (nSPS) is 18.8. The van der Waals surface area contributed by atoms with Crippen LogP contribution in [-0.4, -0.2) is 30.6 Å². The van der Waals surface area contributed by atoms with E-state index in [-0.39, 0.29) is 11.9 Å². The molecule has 0 amide bonds. The lowest BCUT2D eigenvalue weighted by atomic mass is 9.83. The Balaban J connectivity index is 1.76. The van der Waals surface area contributed by atoms with E-state index in [2.05, 4.69) is 33.0 Å². The summed E-state index contributed by atoms with van der Waals surface area (Å²) >= 11 is 0. The SMILES string of the molecule is C#Cc1ccc(CN2C[C@@H](CC(=O)OCC)C[C@H](c3ccc(N=[N+]=[N-])cc3)C2)cc1. The molecule has 0 aliphatic carbocycles. The van der Waals surface area contributed by atoms with Crippen molar-refractivity contribution in [2.75, 3.05) is 19.7 Å². The third kappa shape index (κ3) is 5.87. The summed E-state index contributed by atoms with van der Waals surface area (Å²) in [6, 6.07) is 15.8. The maximum absolute atomic E-state index is 12.1. The highest BCUT2D eigenvalue weighted by molar-refractivity contribution is 5.69. The molecular formula is C24H26N4O2. The number of azide groups is 1. The number of esters is 1. The second kappa shape index (κ2) is 10.5. The lowest BCUT2D eigenvalue weighted by molar-refractivity contribution is -0.144. The maximum Gasteiger partial charge on any atom is 0.306 e. The summed E-state index contributed by atoms with van der Waals surface area (Å²) in [6.45, 7) is 4.79. The number of hydrogen-bond donors (Lipinski definition) is 0. The molecule has 0 bridgehead atoms. The highest BCUT2D eigenvalue weighted by Gasteiger charge is 2.30. The van der Waals surface area contributed by atoms with Gasteiger partial charge < -0.3 is 4.74 Å². The smallest absolute Gasteiger partial charge is 0.306 e. The van der Waals surface area contributed by atoms with Gasteiger partial charge in [0.2, 0.25) is 0 Å². The molecule has 154 valence electrons. The average Bonchev–Trinajstić information content (AvgIpc) is 2.75. The minimum Gasteiger partial charge on any atom is -0.466 e. The standard InChI is InChI=1S/C24H26N4O2/c1-3-18-5-7-19(8-6-18)15-28-16-20(14-24(29)30-4-2)13-22(17-28)21-9-11-23(12-10-21)26-27-25/h1,5-12,20,22H,4,13-17H2,2H3/t20-,22+/m1/s1. The Bertz CT molecular complexity index is 941. The number of benzene rings is 2.